The summed E-state index contributed by atoms with van der Waals surface area (Å²) in [7, 11) is 0. The molecule has 0 aromatic heterocycles. The summed E-state index contributed by atoms with van der Waals surface area (Å²) < 4.78 is 13.6. The van der Waals surface area contributed by atoms with E-state index < -0.39 is 5.82 Å². The Hall–Kier alpha value is -1.95. The highest BCUT2D eigenvalue weighted by atomic mass is 19.1. The molecule has 21 heavy (non-hydrogen) atoms. The Morgan fingerprint density at radius 1 is 1.19 bits per heavy atom. The molecule has 0 radical (unpaired) electrons. The van der Waals surface area contributed by atoms with Crippen molar-refractivity contribution in [1.29, 1.82) is 0 Å². The number of piperazine rings is 1. The molecule has 6 heteroatoms. The molecule has 114 valence electrons. The number of rotatable bonds is 4. The molecular formula is C15H20FN3O2. The molecule has 2 rings (SSSR count). The summed E-state index contributed by atoms with van der Waals surface area (Å²) in [5, 5.41) is 2.75. The normalized spacial score (nSPS) is 15.8. The number of hydrogen-bond donors (Lipinski definition) is 1. The van der Waals surface area contributed by atoms with E-state index in [0.717, 1.165) is 0 Å². The summed E-state index contributed by atoms with van der Waals surface area (Å²) in [4.78, 5) is 27.4. The van der Waals surface area contributed by atoms with Crippen LogP contribution in [0.2, 0.25) is 0 Å². The maximum atomic E-state index is 13.6. The first kappa shape index (κ1) is 15.4. The van der Waals surface area contributed by atoms with Gasteiger partial charge < -0.3 is 10.2 Å². The molecule has 0 saturated carbocycles. The highest BCUT2D eigenvalue weighted by molar-refractivity contribution is 5.94. The topological polar surface area (TPSA) is 52.7 Å². The molecule has 0 unspecified atom stereocenters. The lowest BCUT2D eigenvalue weighted by atomic mass is 10.1. The third kappa shape index (κ3) is 4.01. The Labute approximate surface area is 123 Å². The average Bonchev–Trinajstić information content (AvgIpc) is 2.48. The monoisotopic (exact) mass is 293 g/mol. The number of nitrogens with zero attached hydrogens (tertiary/aromatic N) is 2. The molecule has 0 spiro atoms. The van der Waals surface area contributed by atoms with Gasteiger partial charge in [-0.1, -0.05) is 12.1 Å². The number of hydrogen-bond acceptors (Lipinski definition) is 3. The Kier molecular flexibility index (Phi) is 5.27. The van der Waals surface area contributed by atoms with Gasteiger partial charge in [0.1, 0.15) is 5.82 Å². The lowest BCUT2D eigenvalue weighted by molar-refractivity contribution is -0.122. The van der Waals surface area contributed by atoms with E-state index >= 15 is 0 Å². The van der Waals surface area contributed by atoms with Gasteiger partial charge in [-0.15, -0.1) is 0 Å². The lowest BCUT2D eigenvalue weighted by Crippen LogP contribution is -2.51. The van der Waals surface area contributed by atoms with E-state index in [9.17, 15) is 14.0 Å². The van der Waals surface area contributed by atoms with Crippen LogP contribution in [0.4, 0.5) is 4.39 Å². The van der Waals surface area contributed by atoms with Crippen LogP contribution in [0.3, 0.4) is 0 Å². The Balaban J connectivity index is 1.88. The second-order valence-electron chi connectivity index (χ2n) is 5.00. The van der Waals surface area contributed by atoms with Gasteiger partial charge in [-0.25, -0.2) is 4.39 Å². The van der Waals surface area contributed by atoms with E-state index in [1.165, 1.54) is 12.1 Å². The predicted molar refractivity (Wildman–Crippen MR) is 77.4 cm³/mol. The van der Waals surface area contributed by atoms with Crippen LogP contribution < -0.4 is 5.32 Å². The third-order valence-electron chi connectivity index (χ3n) is 3.50. The first-order chi connectivity index (χ1) is 10.1. The number of halogens is 1. The van der Waals surface area contributed by atoms with Gasteiger partial charge in [-0.3, -0.25) is 14.5 Å². The van der Waals surface area contributed by atoms with E-state index in [4.69, 9.17) is 0 Å². The number of carbonyl (C=O) groups excluding carboxylic acids is 2. The smallest absolute Gasteiger partial charge is 0.256 e. The van der Waals surface area contributed by atoms with Gasteiger partial charge >= 0.3 is 0 Å². The molecule has 0 bridgehead atoms. The Bertz CT molecular complexity index is 513. The second kappa shape index (κ2) is 7.17. The SMILES string of the molecule is CCNC(=O)CN1CCN(C(=O)c2ccccc2F)CC1. The fourth-order valence-corrected chi connectivity index (χ4v) is 2.37. The summed E-state index contributed by atoms with van der Waals surface area (Å²) in [5.41, 5.74) is 0.106. The van der Waals surface area contributed by atoms with Crippen LogP contribution in [0.1, 0.15) is 17.3 Å². The van der Waals surface area contributed by atoms with Crippen LogP contribution in [0.15, 0.2) is 24.3 Å². The molecule has 1 heterocycles. The van der Waals surface area contributed by atoms with Crippen molar-refractivity contribution >= 4 is 11.8 Å². The third-order valence-corrected chi connectivity index (χ3v) is 3.50. The minimum Gasteiger partial charge on any atom is -0.355 e. The maximum Gasteiger partial charge on any atom is 0.256 e. The van der Waals surface area contributed by atoms with Crippen LogP contribution >= 0.6 is 0 Å². The van der Waals surface area contributed by atoms with Gasteiger partial charge in [0, 0.05) is 32.7 Å². The molecule has 2 amide bonds. The zero-order valence-corrected chi connectivity index (χ0v) is 12.1. The van der Waals surface area contributed by atoms with Crippen molar-refractivity contribution in [2.45, 2.75) is 6.92 Å². The van der Waals surface area contributed by atoms with Crippen molar-refractivity contribution < 1.29 is 14.0 Å². The maximum absolute atomic E-state index is 13.6. The van der Waals surface area contributed by atoms with Crippen LogP contribution in [0.5, 0.6) is 0 Å². The van der Waals surface area contributed by atoms with Crippen LogP contribution in [-0.2, 0) is 4.79 Å². The van der Waals surface area contributed by atoms with E-state index in [0.29, 0.717) is 39.3 Å². The molecule has 1 aromatic carbocycles. The van der Waals surface area contributed by atoms with E-state index in [1.807, 2.05) is 11.8 Å². The van der Waals surface area contributed by atoms with Crippen molar-refractivity contribution in [3.63, 3.8) is 0 Å². The summed E-state index contributed by atoms with van der Waals surface area (Å²) in [6, 6.07) is 6.01. The average molecular weight is 293 g/mol. The van der Waals surface area contributed by atoms with E-state index in [2.05, 4.69) is 5.32 Å². The molecule has 1 aliphatic heterocycles. The molecule has 1 saturated heterocycles. The highest BCUT2D eigenvalue weighted by Crippen LogP contribution is 2.12. The lowest BCUT2D eigenvalue weighted by Gasteiger charge is -2.34. The predicted octanol–water partition coefficient (Wildman–Crippen LogP) is 0.720. The zero-order valence-electron chi connectivity index (χ0n) is 12.1. The standard InChI is InChI=1S/C15H20FN3O2/c1-2-17-14(20)11-18-7-9-19(10-8-18)15(21)12-5-3-4-6-13(12)16/h3-6H,2,7-11H2,1H3,(H,17,20). The van der Waals surface area contributed by atoms with Crippen molar-refractivity contribution in [2.24, 2.45) is 0 Å². The molecule has 1 fully saturated rings. The summed E-state index contributed by atoms with van der Waals surface area (Å²) in [6.45, 7) is 5.09. The highest BCUT2D eigenvalue weighted by Gasteiger charge is 2.24. The number of nitrogens with one attached hydrogen (secondary N) is 1. The van der Waals surface area contributed by atoms with E-state index in [-0.39, 0.29) is 17.4 Å². The van der Waals surface area contributed by atoms with Crippen LogP contribution in [-0.4, -0.2) is 60.9 Å². The second-order valence-corrected chi connectivity index (χ2v) is 5.00. The minimum atomic E-state index is -0.493. The summed E-state index contributed by atoms with van der Waals surface area (Å²) in [6.07, 6.45) is 0. The van der Waals surface area contributed by atoms with Crippen molar-refractivity contribution in [2.75, 3.05) is 39.3 Å². The number of carbonyl (C=O) groups is 2. The van der Waals surface area contributed by atoms with Gasteiger partial charge in [-0.05, 0) is 19.1 Å². The summed E-state index contributed by atoms with van der Waals surface area (Å²) >= 11 is 0. The Morgan fingerprint density at radius 3 is 2.48 bits per heavy atom. The van der Waals surface area contributed by atoms with Crippen LogP contribution in [0.25, 0.3) is 0 Å². The quantitative estimate of drug-likeness (QED) is 0.890. The number of likely N-dealkylation sites (N-methyl/N-ethyl adjacent to an activating group) is 1. The summed E-state index contributed by atoms with van der Waals surface area (Å²) in [5.74, 6) is -0.788. The number of amides is 2. The van der Waals surface area contributed by atoms with Gasteiger partial charge in [-0.2, -0.15) is 0 Å². The Morgan fingerprint density at radius 2 is 1.86 bits per heavy atom. The van der Waals surface area contributed by atoms with Gasteiger partial charge in [0.2, 0.25) is 5.91 Å². The van der Waals surface area contributed by atoms with Gasteiger partial charge in [0.25, 0.3) is 5.91 Å². The van der Waals surface area contributed by atoms with Crippen molar-refractivity contribution in [1.82, 2.24) is 15.1 Å². The molecule has 1 aromatic rings. The van der Waals surface area contributed by atoms with E-state index in [1.54, 1.807) is 17.0 Å². The molecule has 1 aliphatic rings. The van der Waals surface area contributed by atoms with Gasteiger partial charge in [0.15, 0.2) is 0 Å². The molecule has 0 atom stereocenters. The molecule has 0 aliphatic carbocycles. The van der Waals surface area contributed by atoms with Crippen LogP contribution in [0, 0.1) is 5.82 Å². The fourth-order valence-electron chi connectivity index (χ4n) is 2.37. The van der Waals surface area contributed by atoms with Crippen molar-refractivity contribution in [3.8, 4) is 0 Å². The molecule has 1 N–H and O–H groups in total. The first-order valence-corrected chi connectivity index (χ1v) is 7.14. The van der Waals surface area contributed by atoms with Crippen molar-refractivity contribution in [3.05, 3.63) is 35.6 Å². The minimum absolute atomic E-state index is 0.00798. The molecular weight excluding hydrogens is 273 g/mol. The first-order valence-electron chi connectivity index (χ1n) is 7.14. The van der Waals surface area contributed by atoms with Gasteiger partial charge in [0.05, 0.1) is 12.1 Å². The molecule has 5 nitrogen and oxygen atoms in total. The zero-order chi connectivity index (χ0) is 15.2. The largest absolute Gasteiger partial charge is 0.355 e. The fraction of sp³-hybridized carbons (Fsp3) is 0.467. The number of benzene rings is 1.